The van der Waals surface area contributed by atoms with E-state index in [1.807, 2.05) is 12.3 Å². The minimum absolute atomic E-state index is 0.273. The van der Waals surface area contributed by atoms with E-state index in [0.717, 1.165) is 18.4 Å². The minimum Gasteiger partial charge on any atom is -0.461 e. The number of H-pyrrole nitrogens is 1. The number of aryl methyl sites for hydroxylation is 1. The number of aromatic amines is 1. The van der Waals surface area contributed by atoms with Gasteiger partial charge >= 0.3 is 5.97 Å². The van der Waals surface area contributed by atoms with E-state index in [1.54, 1.807) is 6.92 Å². The molecule has 1 aromatic rings. The van der Waals surface area contributed by atoms with Crippen LogP contribution in [0.1, 0.15) is 36.3 Å². The van der Waals surface area contributed by atoms with E-state index in [0.29, 0.717) is 12.3 Å². The van der Waals surface area contributed by atoms with Crippen molar-refractivity contribution < 1.29 is 9.53 Å². The van der Waals surface area contributed by atoms with Crippen LogP contribution in [0.5, 0.6) is 0 Å². The van der Waals surface area contributed by atoms with E-state index in [2.05, 4.69) is 11.9 Å². The fourth-order valence-electron chi connectivity index (χ4n) is 1.20. The molecule has 1 N–H and O–H groups in total. The van der Waals surface area contributed by atoms with Crippen molar-refractivity contribution in [3.8, 4) is 0 Å². The van der Waals surface area contributed by atoms with Gasteiger partial charge in [0.25, 0.3) is 0 Å². The summed E-state index contributed by atoms with van der Waals surface area (Å²) in [6.07, 6.45) is 3.94. The Morgan fingerprint density at radius 3 is 2.92 bits per heavy atom. The molecule has 0 saturated heterocycles. The maximum absolute atomic E-state index is 11.2. The van der Waals surface area contributed by atoms with Crippen molar-refractivity contribution >= 4 is 5.97 Å². The van der Waals surface area contributed by atoms with E-state index < -0.39 is 0 Å². The second-order valence-corrected chi connectivity index (χ2v) is 2.89. The lowest BCUT2D eigenvalue weighted by molar-refractivity contribution is 0.0520. The highest BCUT2D eigenvalue weighted by Crippen LogP contribution is 2.07. The Morgan fingerprint density at radius 2 is 2.31 bits per heavy atom. The molecule has 0 bridgehead atoms. The molecule has 72 valence electrons. The van der Waals surface area contributed by atoms with Crippen LogP contribution in [0, 0.1) is 0 Å². The molecule has 0 unspecified atom stereocenters. The van der Waals surface area contributed by atoms with Crippen LogP contribution >= 0.6 is 0 Å². The van der Waals surface area contributed by atoms with Crippen LogP contribution in [0.3, 0.4) is 0 Å². The average molecular weight is 181 g/mol. The molecule has 0 aliphatic heterocycles. The maximum Gasteiger partial charge on any atom is 0.354 e. The van der Waals surface area contributed by atoms with Crippen LogP contribution in [0.15, 0.2) is 12.3 Å². The number of carbonyl (C=O) groups excluding carboxylic acids is 1. The summed E-state index contributed by atoms with van der Waals surface area (Å²) in [5.41, 5.74) is 1.70. The first kappa shape index (κ1) is 9.84. The number of hydrogen-bond donors (Lipinski definition) is 1. The summed E-state index contributed by atoms with van der Waals surface area (Å²) >= 11 is 0. The zero-order chi connectivity index (χ0) is 9.68. The summed E-state index contributed by atoms with van der Waals surface area (Å²) in [6, 6.07) is 1.85. The Hall–Kier alpha value is -1.25. The first-order valence-corrected chi connectivity index (χ1v) is 4.62. The molecule has 0 aliphatic carbocycles. The lowest BCUT2D eigenvalue weighted by atomic mass is 10.2. The number of ether oxygens (including phenoxy) is 1. The van der Waals surface area contributed by atoms with Crippen LogP contribution < -0.4 is 0 Å². The van der Waals surface area contributed by atoms with Crippen LogP contribution in [-0.4, -0.2) is 17.6 Å². The first-order valence-electron chi connectivity index (χ1n) is 4.62. The van der Waals surface area contributed by atoms with Gasteiger partial charge in [-0.3, -0.25) is 0 Å². The highest BCUT2D eigenvalue weighted by molar-refractivity contribution is 5.87. The third-order valence-corrected chi connectivity index (χ3v) is 1.78. The summed E-state index contributed by atoms with van der Waals surface area (Å²) in [4.78, 5) is 14.1. The topological polar surface area (TPSA) is 42.1 Å². The van der Waals surface area contributed by atoms with Gasteiger partial charge in [0.05, 0.1) is 6.61 Å². The van der Waals surface area contributed by atoms with Gasteiger partial charge in [-0.15, -0.1) is 0 Å². The van der Waals surface area contributed by atoms with Gasteiger partial charge in [-0.05, 0) is 25.0 Å². The Morgan fingerprint density at radius 1 is 1.54 bits per heavy atom. The van der Waals surface area contributed by atoms with Crippen molar-refractivity contribution in [1.29, 1.82) is 0 Å². The molecule has 1 aromatic heterocycles. The highest BCUT2D eigenvalue weighted by atomic mass is 16.5. The van der Waals surface area contributed by atoms with E-state index >= 15 is 0 Å². The quantitative estimate of drug-likeness (QED) is 0.723. The van der Waals surface area contributed by atoms with E-state index in [4.69, 9.17) is 4.74 Å². The van der Waals surface area contributed by atoms with Crippen LogP contribution in [0.2, 0.25) is 0 Å². The van der Waals surface area contributed by atoms with Gasteiger partial charge in [-0.25, -0.2) is 4.79 Å². The normalized spacial score (nSPS) is 10.0. The molecule has 0 aromatic carbocycles. The largest absolute Gasteiger partial charge is 0.461 e. The van der Waals surface area contributed by atoms with Crippen LogP contribution in [-0.2, 0) is 11.2 Å². The van der Waals surface area contributed by atoms with Gasteiger partial charge in [-0.2, -0.15) is 0 Å². The fourth-order valence-corrected chi connectivity index (χ4v) is 1.20. The van der Waals surface area contributed by atoms with E-state index in [9.17, 15) is 4.79 Å². The monoisotopic (exact) mass is 181 g/mol. The molecule has 3 heteroatoms. The van der Waals surface area contributed by atoms with Gasteiger partial charge in [-0.1, -0.05) is 13.3 Å². The molecular formula is C10H15NO2. The summed E-state index contributed by atoms with van der Waals surface area (Å²) < 4.78 is 4.85. The molecule has 0 fully saturated rings. The molecule has 1 heterocycles. The third kappa shape index (κ3) is 2.61. The summed E-state index contributed by atoms with van der Waals surface area (Å²) in [6.45, 7) is 4.33. The van der Waals surface area contributed by atoms with Crippen molar-refractivity contribution in [2.45, 2.75) is 26.7 Å². The highest BCUT2D eigenvalue weighted by Gasteiger charge is 2.08. The predicted molar refractivity (Wildman–Crippen MR) is 50.7 cm³/mol. The number of esters is 1. The smallest absolute Gasteiger partial charge is 0.354 e. The van der Waals surface area contributed by atoms with Crippen LogP contribution in [0.25, 0.3) is 0 Å². The minimum atomic E-state index is -0.273. The Balaban J connectivity index is 2.62. The number of aromatic nitrogens is 1. The standard InChI is InChI=1S/C10H15NO2/c1-3-5-8-6-9(11-7-8)10(12)13-4-2/h6-7,11H,3-5H2,1-2H3. The third-order valence-electron chi connectivity index (χ3n) is 1.78. The van der Waals surface area contributed by atoms with Gasteiger partial charge < -0.3 is 9.72 Å². The molecule has 0 saturated carbocycles. The van der Waals surface area contributed by atoms with Crippen molar-refractivity contribution in [1.82, 2.24) is 4.98 Å². The van der Waals surface area contributed by atoms with Gasteiger partial charge in [0, 0.05) is 6.20 Å². The van der Waals surface area contributed by atoms with Crippen molar-refractivity contribution in [3.05, 3.63) is 23.5 Å². The molecule has 13 heavy (non-hydrogen) atoms. The summed E-state index contributed by atoms with van der Waals surface area (Å²) in [5.74, 6) is -0.273. The van der Waals surface area contributed by atoms with Crippen molar-refractivity contribution in [2.24, 2.45) is 0 Å². The van der Waals surface area contributed by atoms with E-state index in [1.165, 1.54) is 0 Å². The Bertz CT molecular complexity index is 278. The molecule has 0 amide bonds. The lowest BCUT2D eigenvalue weighted by Crippen LogP contribution is -2.04. The van der Waals surface area contributed by atoms with Crippen LogP contribution in [0.4, 0.5) is 0 Å². The second-order valence-electron chi connectivity index (χ2n) is 2.89. The van der Waals surface area contributed by atoms with Gasteiger partial charge in [0.15, 0.2) is 0 Å². The second kappa shape index (κ2) is 4.70. The first-order chi connectivity index (χ1) is 6.27. The average Bonchev–Trinajstić information content (AvgIpc) is 2.54. The van der Waals surface area contributed by atoms with Crippen molar-refractivity contribution in [2.75, 3.05) is 6.61 Å². The zero-order valence-electron chi connectivity index (χ0n) is 8.09. The maximum atomic E-state index is 11.2. The summed E-state index contributed by atoms with van der Waals surface area (Å²) in [7, 11) is 0. The van der Waals surface area contributed by atoms with Gasteiger partial charge in [0.2, 0.25) is 0 Å². The SMILES string of the molecule is CCCc1c[nH]c(C(=O)OCC)c1. The summed E-state index contributed by atoms with van der Waals surface area (Å²) in [5, 5.41) is 0. The number of rotatable bonds is 4. The molecule has 0 spiro atoms. The molecule has 3 nitrogen and oxygen atoms in total. The molecule has 0 aliphatic rings. The van der Waals surface area contributed by atoms with E-state index in [-0.39, 0.29) is 5.97 Å². The number of hydrogen-bond acceptors (Lipinski definition) is 2. The van der Waals surface area contributed by atoms with Crippen molar-refractivity contribution in [3.63, 3.8) is 0 Å². The van der Waals surface area contributed by atoms with Gasteiger partial charge in [0.1, 0.15) is 5.69 Å². The zero-order valence-corrected chi connectivity index (χ0v) is 8.09. The number of carbonyl (C=O) groups is 1. The number of nitrogens with one attached hydrogen (secondary N) is 1. The Kier molecular flexibility index (Phi) is 3.55. The molecular weight excluding hydrogens is 166 g/mol. The Labute approximate surface area is 78.1 Å². The lowest BCUT2D eigenvalue weighted by Gasteiger charge is -1.96. The molecule has 0 radical (unpaired) electrons. The molecule has 0 atom stereocenters. The molecule has 1 rings (SSSR count). The predicted octanol–water partition coefficient (Wildman–Crippen LogP) is 2.14. The fraction of sp³-hybridized carbons (Fsp3) is 0.500.